The minimum atomic E-state index is -0.0736. The van der Waals surface area contributed by atoms with Gasteiger partial charge in [0.1, 0.15) is 23.7 Å². The monoisotopic (exact) mass is 378 g/mol. The minimum absolute atomic E-state index is 0.0736. The van der Waals surface area contributed by atoms with Gasteiger partial charge >= 0.3 is 0 Å². The summed E-state index contributed by atoms with van der Waals surface area (Å²) in [4.78, 5) is 13.0. The van der Waals surface area contributed by atoms with Crippen LogP contribution in [0.4, 0.5) is 0 Å². The summed E-state index contributed by atoms with van der Waals surface area (Å²) >= 11 is 0. The Morgan fingerprint density at radius 3 is 2.86 bits per heavy atom. The van der Waals surface area contributed by atoms with Crippen LogP contribution in [0.25, 0.3) is 11.0 Å². The number of furan rings is 1. The van der Waals surface area contributed by atoms with Crippen LogP contribution in [-0.2, 0) is 6.61 Å². The Morgan fingerprint density at radius 1 is 1.25 bits per heavy atom. The van der Waals surface area contributed by atoms with Crippen molar-refractivity contribution in [2.75, 3.05) is 6.54 Å². The molecule has 1 amide bonds. The van der Waals surface area contributed by atoms with Gasteiger partial charge in [-0.05, 0) is 57.0 Å². The van der Waals surface area contributed by atoms with E-state index in [-0.39, 0.29) is 11.9 Å². The Morgan fingerprint density at radius 2 is 2.07 bits per heavy atom. The van der Waals surface area contributed by atoms with Gasteiger partial charge in [0, 0.05) is 17.5 Å². The van der Waals surface area contributed by atoms with Crippen LogP contribution in [0.1, 0.15) is 41.4 Å². The fraction of sp³-hybridized carbons (Fsp3) is 0.348. The summed E-state index contributed by atoms with van der Waals surface area (Å²) in [5.41, 5.74) is 2.41. The maximum atomic E-state index is 13.0. The molecule has 1 aliphatic heterocycles. The standard InChI is InChI=1S/C23H26N2O3/c1-15-12-18(10-11-24-15)25-23(26)22-16(2)28-21-9-8-19(13-20(21)22)27-14-17-6-4-3-5-7-17/h3-9,13,15,18,24H,10-12,14H2,1-2H3,(H,25,26)/t15-,18-/m0/s1. The zero-order chi connectivity index (χ0) is 19.5. The minimum Gasteiger partial charge on any atom is -0.489 e. The fourth-order valence-electron chi connectivity index (χ4n) is 3.83. The molecule has 2 N–H and O–H groups in total. The average Bonchev–Trinajstić information content (AvgIpc) is 3.02. The van der Waals surface area contributed by atoms with Crippen molar-refractivity contribution in [3.8, 4) is 5.75 Å². The third kappa shape index (κ3) is 4.04. The summed E-state index contributed by atoms with van der Waals surface area (Å²) in [5.74, 6) is 1.28. The number of carbonyl (C=O) groups excluding carboxylic acids is 1. The Labute approximate surface area is 165 Å². The van der Waals surface area contributed by atoms with E-state index in [1.54, 1.807) is 0 Å². The number of benzene rings is 2. The highest BCUT2D eigenvalue weighted by atomic mass is 16.5. The highest BCUT2D eigenvalue weighted by Crippen LogP contribution is 2.29. The van der Waals surface area contributed by atoms with Crippen molar-refractivity contribution in [2.45, 2.75) is 45.4 Å². The fourth-order valence-corrected chi connectivity index (χ4v) is 3.83. The van der Waals surface area contributed by atoms with Crippen LogP contribution in [-0.4, -0.2) is 24.5 Å². The Balaban J connectivity index is 1.54. The lowest BCUT2D eigenvalue weighted by atomic mass is 10.00. The predicted molar refractivity (Wildman–Crippen MR) is 110 cm³/mol. The van der Waals surface area contributed by atoms with Gasteiger partial charge in [-0.15, -0.1) is 0 Å². The Hall–Kier alpha value is -2.79. The molecule has 5 heteroatoms. The van der Waals surface area contributed by atoms with E-state index in [2.05, 4.69) is 17.6 Å². The van der Waals surface area contributed by atoms with Crippen LogP contribution in [0.2, 0.25) is 0 Å². The maximum absolute atomic E-state index is 13.0. The number of hydrogen-bond acceptors (Lipinski definition) is 4. The van der Waals surface area contributed by atoms with Gasteiger partial charge in [-0.2, -0.15) is 0 Å². The molecule has 3 aromatic rings. The lowest BCUT2D eigenvalue weighted by molar-refractivity contribution is 0.0925. The molecule has 4 rings (SSSR count). The van der Waals surface area contributed by atoms with Gasteiger partial charge in [0.25, 0.3) is 5.91 Å². The van der Waals surface area contributed by atoms with Crippen molar-refractivity contribution < 1.29 is 13.9 Å². The summed E-state index contributed by atoms with van der Waals surface area (Å²) in [6.45, 7) is 5.39. The SMILES string of the molecule is Cc1oc2ccc(OCc3ccccc3)cc2c1C(=O)N[C@H]1CCN[C@@H](C)C1. The molecule has 1 aromatic heterocycles. The van der Waals surface area contributed by atoms with E-state index in [0.717, 1.165) is 36.1 Å². The third-order valence-electron chi connectivity index (χ3n) is 5.27. The molecule has 5 nitrogen and oxygen atoms in total. The summed E-state index contributed by atoms with van der Waals surface area (Å²) < 4.78 is 11.7. The highest BCUT2D eigenvalue weighted by Gasteiger charge is 2.24. The van der Waals surface area contributed by atoms with Crippen LogP contribution >= 0.6 is 0 Å². The molecular weight excluding hydrogens is 352 g/mol. The molecule has 0 bridgehead atoms. The Kier molecular flexibility index (Phi) is 5.35. The number of carbonyl (C=O) groups is 1. The van der Waals surface area contributed by atoms with Crippen molar-refractivity contribution in [1.29, 1.82) is 0 Å². The number of hydrogen-bond donors (Lipinski definition) is 2. The van der Waals surface area contributed by atoms with E-state index in [9.17, 15) is 4.79 Å². The second-order valence-electron chi connectivity index (χ2n) is 7.52. The molecule has 1 fully saturated rings. The first-order chi connectivity index (χ1) is 13.6. The van der Waals surface area contributed by atoms with Gasteiger partial charge in [0.15, 0.2) is 0 Å². The number of aryl methyl sites for hydroxylation is 1. The lowest BCUT2D eigenvalue weighted by Crippen LogP contribution is -2.46. The number of piperidine rings is 1. The van der Waals surface area contributed by atoms with Gasteiger partial charge in [-0.25, -0.2) is 0 Å². The highest BCUT2D eigenvalue weighted by molar-refractivity contribution is 6.07. The molecular formula is C23H26N2O3. The first-order valence-electron chi connectivity index (χ1n) is 9.84. The van der Waals surface area contributed by atoms with Crippen molar-refractivity contribution in [3.63, 3.8) is 0 Å². The molecule has 1 aliphatic rings. The zero-order valence-corrected chi connectivity index (χ0v) is 16.3. The molecule has 28 heavy (non-hydrogen) atoms. The topological polar surface area (TPSA) is 63.5 Å². The summed E-state index contributed by atoms with van der Waals surface area (Å²) in [6.07, 6.45) is 1.88. The maximum Gasteiger partial charge on any atom is 0.255 e. The van der Waals surface area contributed by atoms with Crippen LogP contribution in [0, 0.1) is 6.92 Å². The van der Waals surface area contributed by atoms with E-state index < -0.39 is 0 Å². The lowest BCUT2D eigenvalue weighted by Gasteiger charge is -2.28. The van der Waals surface area contributed by atoms with Gasteiger partial charge in [-0.3, -0.25) is 4.79 Å². The van der Waals surface area contributed by atoms with Gasteiger partial charge in [0.05, 0.1) is 5.56 Å². The van der Waals surface area contributed by atoms with E-state index in [1.165, 1.54) is 0 Å². The average molecular weight is 378 g/mol. The normalized spacial score (nSPS) is 19.5. The molecule has 0 radical (unpaired) electrons. The first-order valence-corrected chi connectivity index (χ1v) is 9.84. The molecule has 0 spiro atoms. The van der Waals surface area contributed by atoms with Crippen molar-refractivity contribution in [3.05, 3.63) is 65.4 Å². The van der Waals surface area contributed by atoms with E-state index >= 15 is 0 Å². The van der Waals surface area contributed by atoms with Crippen molar-refractivity contribution >= 4 is 16.9 Å². The predicted octanol–water partition coefficient (Wildman–Crippen LogP) is 4.19. The number of ether oxygens (including phenoxy) is 1. The second-order valence-corrected chi connectivity index (χ2v) is 7.52. The molecule has 2 heterocycles. The number of amides is 1. The van der Waals surface area contributed by atoms with Crippen molar-refractivity contribution in [1.82, 2.24) is 10.6 Å². The van der Waals surface area contributed by atoms with Crippen molar-refractivity contribution in [2.24, 2.45) is 0 Å². The molecule has 1 saturated heterocycles. The van der Waals surface area contributed by atoms with Crippen LogP contribution in [0.3, 0.4) is 0 Å². The summed E-state index contributed by atoms with van der Waals surface area (Å²) in [5, 5.41) is 7.39. The first kappa shape index (κ1) is 18.6. The van der Waals surface area contributed by atoms with Gasteiger partial charge in [0.2, 0.25) is 0 Å². The van der Waals surface area contributed by atoms with Crippen LogP contribution in [0.5, 0.6) is 5.75 Å². The molecule has 2 atom stereocenters. The molecule has 0 aliphatic carbocycles. The number of fused-ring (bicyclic) bond motifs is 1. The number of nitrogens with one attached hydrogen (secondary N) is 2. The van der Waals surface area contributed by atoms with Crippen LogP contribution in [0.15, 0.2) is 52.9 Å². The van der Waals surface area contributed by atoms with E-state index in [1.807, 2.05) is 55.5 Å². The summed E-state index contributed by atoms with van der Waals surface area (Å²) in [6, 6.07) is 16.3. The Bertz CT molecular complexity index is 965. The van der Waals surface area contributed by atoms with Gasteiger partial charge in [-0.1, -0.05) is 30.3 Å². The largest absolute Gasteiger partial charge is 0.489 e. The molecule has 0 unspecified atom stereocenters. The van der Waals surface area contributed by atoms with Gasteiger partial charge < -0.3 is 19.8 Å². The molecule has 2 aromatic carbocycles. The third-order valence-corrected chi connectivity index (χ3v) is 5.27. The quantitative estimate of drug-likeness (QED) is 0.699. The number of rotatable bonds is 5. The van der Waals surface area contributed by atoms with E-state index in [0.29, 0.717) is 29.6 Å². The second kappa shape index (κ2) is 8.07. The molecule has 146 valence electrons. The summed E-state index contributed by atoms with van der Waals surface area (Å²) in [7, 11) is 0. The smallest absolute Gasteiger partial charge is 0.255 e. The van der Waals surface area contributed by atoms with E-state index in [4.69, 9.17) is 9.15 Å². The zero-order valence-electron chi connectivity index (χ0n) is 16.3. The molecule has 0 saturated carbocycles. The van der Waals surface area contributed by atoms with Crippen LogP contribution < -0.4 is 15.4 Å².